The van der Waals surface area contributed by atoms with Crippen LogP contribution in [0.1, 0.15) is 63.0 Å². The molecule has 2 aliphatic rings. The van der Waals surface area contributed by atoms with Crippen molar-refractivity contribution in [3.05, 3.63) is 34.9 Å². The number of aliphatic hydroxyl groups is 3. The molecule has 37 heavy (non-hydrogen) atoms. The highest BCUT2D eigenvalue weighted by molar-refractivity contribution is 6.36. The van der Waals surface area contributed by atoms with Crippen molar-refractivity contribution in [1.29, 1.82) is 0 Å². The molecule has 10 nitrogen and oxygen atoms in total. The number of nitrogens with zero attached hydrogens (tertiary/aromatic N) is 1. The molecule has 204 valence electrons. The quantitative estimate of drug-likeness (QED) is 0.225. The van der Waals surface area contributed by atoms with E-state index < -0.39 is 41.8 Å². The van der Waals surface area contributed by atoms with Crippen molar-refractivity contribution in [1.82, 2.24) is 10.2 Å². The van der Waals surface area contributed by atoms with Crippen LogP contribution >= 0.6 is 0 Å². The molecule has 2 amide bonds. The molecule has 1 heterocycles. The standard InChI is InChI=1S/C27H38N2O8/c1-4-6-7-8-10-29(27(35)20(32)5-2)19-14-18(26(34)28-9-11-30)22-17-12-16(15-31)13-21(36-3)24(17)37-25(22)23(19)33/h12-14,19,22-23,25,30-31,33H,4-11,15H2,1-3H3,(H,28,34)/t19-,22+,23+,25+/m1/s1. The summed E-state index contributed by atoms with van der Waals surface area (Å²) in [6, 6.07) is 2.36. The Kier molecular flexibility index (Phi) is 10.1. The Morgan fingerprint density at radius 2 is 1.89 bits per heavy atom. The van der Waals surface area contributed by atoms with Crippen molar-refractivity contribution in [3.63, 3.8) is 0 Å². The topological polar surface area (TPSA) is 146 Å². The lowest BCUT2D eigenvalue weighted by Gasteiger charge is -2.40. The monoisotopic (exact) mass is 518 g/mol. The van der Waals surface area contributed by atoms with Crippen LogP contribution in [-0.2, 0) is 21.0 Å². The second-order valence-corrected chi connectivity index (χ2v) is 9.35. The zero-order valence-corrected chi connectivity index (χ0v) is 21.7. The number of amides is 2. The van der Waals surface area contributed by atoms with E-state index in [-0.39, 0.29) is 38.3 Å². The molecular weight excluding hydrogens is 480 g/mol. The minimum Gasteiger partial charge on any atom is -0.493 e. The van der Waals surface area contributed by atoms with Gasteiger partial charge in [-0.2, -0.15) is 0 Å². The molecule has 0 fully saturated rings. The molecule has 1 aliphatic carbocycles. The van der Waals surface area contributed by atoms with Gasteiger partial charge in [-0.3, -0.25) is 14.4 Å². The minimum atomic E-state index is -1.24. The number of unbranched alkanes of at least 4 members (excludes halogenated alkanes) is 3. The molecule has 4 atom stereocenters. The Morgan fingerprint density at radius 3 is 2.51 bits per heavy atom. The highest BCUT2D eigenvalue weighted by Gasteiger charge is 2.51. The van der Waals surface area contributed by atoms with Gasteiger partial charge in [-0.1, -0.05) is 33.1 Å². The third-order valence-electron chi connectivity index (χ3n) is 6.93. The summed E-state index contributed by atoms with van der Waals surface area (Å²) in [5.74, 6) is -1.77. The molecule has 1 aliphatic heterocycles. The predicted octanol–water partition coefficient (Wildman–Crippen LogP) is 1.20. The smallest absolute Gasteiger partial charge is 0.290 e. The average molecular weight is 519 g/mol. The summed E-state index contributed by atoms with van der Waals surface area (Å²) in [6.07, 6.45) is 2.84. The lowest BCUT2D eigenvalue weighted by Crippen LogP contribution is -2.57. The number of aliphatic hydroxyl groups excluding tert-OH is 3. The SMILES string of the molecule is CCCCCCN(C(=O)C(=O)CC)[C@@H]1C=C(C(=O)NCCO)[C@@H]2c3cc(CO)cc(OC)c3O[C@@H]2[C@H]1O. The molecule has 1 aromatic carbocycles. The first kappa shape index (κ1) is 28.6. The van der Waals surface area contributed by atoms with E-state index >= 15 is 0 Å². The van der Waals surface area contributed by atoms with Gasteiger partial charge in [0.1, 0.15) is 12.2 Å². The van der Waals surface area contributed by atoms with Crippen LogP contribution in [0.25, 0.3) is 0 Å². The first-order valence-corrected chi connectivity index (χ1v) is 12.9. The van der Waals surface area contributed by atoms with E-state index in [9.17, 15) is 29.7 Å². The fourth-order valence-electron chi connectivity index (χ4n) is 5.03. The average Bonchev–Trinajstić information content (AvgIpc) is 3.31. The highest BCUT2D eigenvalue weighted by Crippen LogP contribution is 2.51. The van der Waals surface area contributed by atoms with E-state index in [4.69, 9.17) is 9.47 Å². The van der Waals surface area contributed by atoms with Crippen molar-refractivity contribution >= 4 is 17.6 Å². The van der Waals surface area contributed by atoms with Gasteiger partial charge in [0.25, 0.3) is 5.91 Å². The van der Waals surface area contributed by atoms with Gasteiger partial charge in [0.2, 0.25) is 11.7 Å². The van der Waals surface area contributed by atoms with E-state index in [1.165, 1.54) is 18.1 Å². The van der Waals surface area contributed by atoms with E-state index in [0.717, 1.165) is 19.3 Å². The number of methoxy groups -OCH3 is 1. The number of ketones is 1. The number of fused-ring (bicyclic) bond motifs is 3. The van der Waals surface area contributed by atoms with Crippen molar-refractivity contribution in [2.45, 2.75) is 76.7 Å². The van der Waals surface area contributed by atoms with E-state index in [1.54, 1.807) is 19.1 Å². The predicted molar refractivity (Wildman–Crippen MR) is 135 cm³/mol. The molecule has 0 spiro atoms. The molecule has 4 N–H and O–H groups in total. The highest BCUT2D eigenvalue weighted by atomic mass is 16.5. The summed E-state index contributed by atoms with van der Waals surface area (Å²) in [6.45, 7) is 3.41. The Hall–Kier alpha value is -2.95. The normalized spacial score (nSPS) is 21.8. The van der Waals surface area contributed by atoms with Gasteiger partial charge in [-0.15, -0.1) is 0 Å². The Labute approximate surface area is 217 Å². The Bertz CT molecular complexity index is 1020. The largest absolute Gasteiger partial charge is 0.493 e. The van der Waals surface area contributed by atoms with Crippen LogP contribution < -0.4 is 14.8 Å². The van der Waals surface area contributed by atoms with Gasteiger partial charge >= 0.3 is 0 Å². The van der Waals surface area contributed by atoms with Crippen LogP contribution in [-0.4, -0.2) is 82.9 Å². The summed E-state index contributed by atoms with van der Waals surface area (Å²) in [7, 11) is 1.46. The lowest BCUT2D eigenvalue weighted by molar-refractivity contribution is -0.148. The number of rotatable bonds is 13. The first-order chi connectivity index (χ1) is 17.8. The molecule has 0 radical (unpaired) electrons. The van der Waals surface area contributed by atoms with Crippen molar-refractivity contribution < 1.29 is 39.2 Å². The third-order valence-corrected chi connectivity index (χ3v) is 6.93. The number of hydrogen-bond acceptors (Lipinski definition) is 8. The lowest BCUT2D eigenvalue weighted by atomic mass is 9.77. The van der Waals surface area contributed by atoms with Crippen LogP contribution in [0.2, 0.25) is 0 Å². The maximum Gasteiger partial charge on any atom is 0.290 e. The number of ether oxygens (including phenoxy) is 2. The van der Waals surface area contributed by atoms with Crippen LogP contribution in [0.3, 0.4) is 0 Å². The van der Waals surface area contributed by atoms with Gasteiger partial charge in [0.05, 0.1) is 32.3 Å². The van der Waals surface area contributed by atoms with Crippen LogP contribution in [0.4, 0.5) is 0 Å². The molecule has 1 aromatic rings. The molecule has 0 saturated heterocycles. The van der Waals surface area contributed by atoms with Crippen LogP contribution in [0.5, 0.6) is 11.5 Å². The minimum absolute atomic E-state index is 0.0163. The van der Waals surface area contributed by atoms with Crippen molar-refractivity contribution in [2.24, 2.45) is 0 Å². The number of carbonyl (C=O) groups excluding carboxylic acids is 3. The third kappa shape index (κ3) is 5.97. The molecule has 0 aromatic heterocycles. The Balaban J connectivity index is 2.09. The zero-order valence-electron chi connectivity index (χ0n) is 21.7. The second-order valence-electron chi connectivity index (χ2n) is 9.35. The molecule has 0 bridgehead atoms. The van der Waals surface area contributed by atoms with Crippen molar-refractivity contribution in [3.8, 4) is 11.5 Å². The fourth-order valence-corrected chi connectivity index (χ4v) is 5.03. The summed E-state index contributed by atoms with van der Waals surface area (Å²) < 4.78 is 11.6. The Morgan fingerprint density at radius 1 is 1.14 bits per heavy atom. The number of Topliss-reactive ketones (excluding diaryl/α,β-unsaturated/α-hetero) is 1. The second kappa shape index (κ2) is 13.0. The molecular formula is C27H38N2O8. The number of nitrogens with one attached hydrogen (secondary N) is 1. The van der Waals surface area contributed by atoms with Crippen molar-refractivity contribution in [2.75, 3.05) is 26.8 Å². The van der Waals surface area contributed by atoms with Gasteiger partial charge in [0.15, 0.2) is 11.5 Å². The fraction of sp³-hybridized carbons (Fsp3) is 0.593. The van der Waals surface area contributed by atoms with Crippen LogP contribution in [0.15, 0.2) is 23.8 Å². The number of benzene rings is 1. The van der Waals surface area contributed by atoms with Gasteiger partial charge in [-0.05, 0) is 30.2 Å². The molecule has 3 rings (SSSR count). The summed E-state index contributed by atoms with van der Waals surface area (Å²) in [4.78, 5) is 40.2. The van der Waals surface area contributed by atoms with Gasteiger partial charge < -0.3 is 35.0 Å². The molecule has 10 heteroatoms. The van der Waals surface area contributed by atoms with Crippen LogP contribution in [0, 0.1) is 0 Å². The zero-order chi connectivity index (χ0) is 27.1. The van der Waals surface area contributed by atoms with E-state index in [1.807, 2.05) is 0 Å². The number of carbonyl (C=O) groups is 3. The molecule has 0 saturated carbocycles. The van der Waals surface area contributed by atoms with Gasteiger partial charge in [0, 0.05) is 30.6 Å². The summed E-state index contributed by atoms with van der Waals surface area (Å²) in [5.41, 5.74) is 1.37. The summed E-state index contributed by atoms with van der Waals surface area (Å²) >= 11 is 0. The van der Waals surface area contributed by atoms with E-state index in [2.05, 4.69) is 12.2 Å². The maximum atomic E-state index is 13.3. The molecule has 0 unspecified atom stereocenters. The maximum absolute atomic E-state index is 13.3. The first-order valence-electron chi connectivity index (χ1n) is 12.9. The number of hydrogen-bond donors (Lipinski definition) is 4. The summed E-state index contributed by atoms with van der Waals surface area (Å²) in [5, 5.41) is 33.2. The van der Waals surface area contributed by atoms with E-state index in [0.29, 0.717) is 29.0 Å². The van der Waals surface area contributed by atoms with Gasteiger partial charge in [-0.25, -0.2) is 0 Å².